The van der Waals surface area contributed by atoms with E-state index in [1.54, 1.807) is 18.2 Å². The number of nitrogens with zero attached hydrogens (tertiary/aromatic N) is 4. The van der Waals surface area contributed by atoms with Crippen LogP contribution in [-0.4, -0.2) is 60.6 Å². The summed E-state index contributed by atoms with van der Waals surface area (Å²) in [4.78, 5) is 28.5. The van der Waals surface area contributed by atoms with Gasteiger partial charge in [0.05, 0.1) is 23.3 Å². The Hall–Kier alpha value is -5.24. The van der Waals surface area contributed by atoms with Gasteiger partial charge in [-0.1, -0.05) is 63.1 Å². The van der Waals surface area contributed by atoms with E-state index in [4.69, 9.17) is 10.5 Å². The molecular formula is C47H54N4O2. The molecule has 6 nitrogen and oxygen atoms in total. The molecule has 274 valence electrons. The molecular weight excluding hydrogens is 653 g/mol. The molecule has 1 atom stereocenters. The molecule has 1 saturated carbocycles. The van der Waals surface area contributed by atoms with Crippen molar-refractivity contribution in [1.82, 2.24) is 9.80 Å². The molecule has 7 rings (SSSR count). The predicted octanol–water partition coefficient (Wildman–Crippen LogP) is 9.70. The number of hydrogen-bond donors (Lipinski definition) is 0. The molecule has 2 heterocycles. The summed E-state index contributed by atoms with van der Waals surface area (Å²) in [5.74, 6) is 1.37. The maximum Gasteiger partial charge on any atom is 0.167 e. The molecule has 6 heteroatoms. The fraction of sp³-hybridized carbons (Fsp3) is 0.404. The van der Waals surface area contributed by atoms with Gasteiger partial charge in [-0.05, 0) is 135 Å². The Kier molecular flexibility index (Phi) is 18.0. The van der Waals surface area contributed by atoms with Gasteiger partial charge in [-0.25, -0.2) is 0 Å². The lowest BCUT2D eigenvalue weighted by Gasteiger charge is -2.34. The number of Topliss-reactive ketones (excluding diaryl/α,β-unsaturated/α-hetero) is 1. The number of piperidine rings is 2. The van der Waals surface area contributed by atoms with Crippen molar-refractivity contribution in [2.75, 3.05) is 32.7 Å². The van der Waals surface area contributed by atoms with Crippen molar-refractivity contribution < 1.29 is 9.59 Å². The van der Waals surface area contributed by atoms with Gasteiger partial charge in [0.25, 0.3) is 0 Å². The Balaban J connectivity index is 0.000000216. The molecule has 1 aliphatic carbocycles. The minimum absolute atomic E-state index is 0.117. The highest BCUT2D eigenvalue weighted by atomic mass is 16.1. The molecule has 2 aliphatic heterocycles. The van der Waals surface area contributed by atoms with Gasteiger partial charge in [-0.2, -0.15) is 10.5 Å². The van der Waals surface area contributed by atoms with E-state index < -0.39 is 0 Å². The number of hydrogen-bond acceptors (Lipinski definition) is 6. The number of nitriles is 2. The van der Waals surface area contributed by atoms with Crippen molar-refractivity contribution in [1.29, 1.82) is 10.5 Å². The van der Waals surface area contributed by atoms with Crippen LogP contribution in [0.5, 0.6) is 0 Å². The summed E-state index contributed by atoms with van der Waals surface area (Å²) in [6.45, 7) is 10.4. The molecule has 0 spiro atoms. The predicted molar refractivity (Wildman–Crippen MR) is 219 cm³/mol. The van der Waals surface area contributed by atoms with Crippen molar-refractivity contribution in [3.63, 3.8) is 0 Å². The first-order valence-electron chi connectivity index (χ1n) is 18.9. The van der Waals surface area contributed by atoms with Crippen molar-refractivity contribution in [3.8, 4) is 37.8 Å². The van der Waals surface area contributed by atoms with E-state index in [1.807, 2.05) is 54.6 Å². The number of aldehydes is 1. The second-order valence-corrected chi connectivity index (χ2v) is 14.1. The van der Waals surface area contributed by atoms with Crippen LogP contribution in [0.1, 0.15) is 103 Å². The highest BCUT2D eigenvalue weighted by Crippen LogP contribution is 2.28. The van der Waals surface area contributed by atoms with Crippen LogP contribution in [0.3, 0.4) is 0 Å². The highest BCUT2D eigenvalue weighted by Gasteiger charge is 2.27. The molecule has 3 aliphatic rings. The molecule has 3 fully saturated rings. The summed E-state index contributed by atoms with van der Waals surface area (Å²) >= 11 is 0. The maximum absolute atomic E-state index is 12.8. The standard InChI is InChI=1S/C20H22N2O.C12H7NO.C11H21N.2C2H2/c1-2-9-22-10-3-4-19(14-22)20(23)18-8-7-16-11-15(13-21)5-6-17(16)12-18;13-7-9-1-3-12-6-10(8-14)2-4-11(12)5-9;1-10-6-8-12(9-7-10)11-4-2-3-5-11;2*1-2/h5-8,11-12,19H,2-4,9-10,14H2,1H3;1-6,8H;10-11H,2-9H2,1H3;2*1-2H/t19-;;;;/m0..../s1. The molecule has 4 aromatic rings. The van der Waals surface area contributed by atoms with Crippen LogP contribution < -0.4 is 0 Å². The maximum atomic E-state index is 12.8. The van der Waals surface area contributed by atoms with Gasteiger partial charge < -0.3 is 9.80 Å². The second kappa shape index (κ2) is 22.6. The minimum atomic E-state index is 0.117. The lowest BCUT2D eigenvalue weighted by Crippen LogP contribution is -2.39. The molecule has 0 N–H and O–H groups in total. The first-order valence-corrected chi connectivity index (χ1v) is 18.9. The zero-order valence-corrected chi connectivity index (χ0v) is 31.6. The van der Waals surface area contributed by atoms with Crippen molar-refractivity contribution in [3.05, 3.63) is 95.1 Å². The quantitative estimate of drug-likeness (QED) is 0.113. The zero-order valence-electron chi connectivity index (χ0n) is 31.6. The third kappa shape index (κ3) is 12.4. The minimum Gasteiger partial charge on any atom is -0.303 e. The highest BCUT2D eigenvalue weighted by molar-refractivity contribution is 6.01. The fourth-order valence-electron chi connectivity index (χ4n) is 7.56. The van der Waals surface area contributed by atoms with Crippen LogP contribution in [0.2, 0.25) is 0 Å². The first kappa shape index (κ1) is 42.2. The molecule has 0 radical (unpaired) electrons. The molecule has 4 aromatic carbocycles. The summed E-state index contributed by atoms with van der Waals surface area (Å²) in [5, 5.41) is 21.7. The third-order valence-corrected chi connectivity index (χ3v) is 10.5. The number of benzene rings is 4. The molecule has 0 amide bonds. The number of terminal acetylenes is 2. The van der Waals surface area contributed by atoms with E-state index in [-0.39, 0.29) is 11.7 Å². The molecule has 0 bridgehead atoms. The Bertz CT molecular complexity index is 1890. The third-order valence-electron chi connectivity index (χ3n) is 10.5. The van der Waals surface area contributed by atoms with Crippen LogP contribution in [0.4, 0.5) is 0 Å². The van der Waals surface area contributed by atoms with Gasteiger partial charge in [0, 0.05) is 29.6 Å². The summed E-state index contributed by atoms with van der Waals surface area (Å²) in [5.41, 5.74) is 2.74. The average molecular weight is 707 g/mol. The van der Waals surface area contributed by atoms with Gasteiger partial charge in [0.15, 0.2) is 5.78 Å². The monoisotopic (exact) mass is 706 g/mol. The van der Waals surface area contributed by atoms with Gasteiger partial charge in [0.1, 0.15) is 6.29 Å². The fourth-order valence-corrected chi connectivity index (χ4v) is 7.56. The summed E-state index contributed by atoms with van der Waals surface area (Å²) in [7, 11) is 0. The van der Waals surface area contributed by atoms with Crippen molar-refractivity contribution >= 4 is 33.6 Å². The number of ketones is 1. The van der Waals surface area contributed by atoms with Crippen molar-refractivity contribution in [2.45, 2.75) is 77.7 Å². The van der Waals surface area contributed by atoms with Crippen LogP contribution >= 0.6 is 0 Å². The Labute approximate surface area is 317 Å². The van der Waals surface area contributed by atoms with Gasteiger partial charge in [0.2, 0.25) is 0 Å². The van der Waals surface area contributed by atoms with Gasteiger partial charge in [-0.15, -0.1) is 25.7 Å². The summed E-state index contributed by atoms with van der Waals surface area (Å²) in [6, 6.07) is 27.4. The Morgan fingerprint density at radius 2 is 1.28 bits per heavy atom. The van der Waals surface area contributed by atoms with Crippen molar-refractivity contribution in [2.24, 2.45) is 11.8 Å². The summed E-state index contributed by atoms with van der Waals surface area (Å²) < 4.78 is 0. The first-order chi connectivity index (χ1) is 25.9. The lowest BCUT2D eigenvalue weighted by atomic mass is 9.89. The van der Waals surface area contributed by atoms with Crippen LogP contribution in [-0.2, 0) is 0 Å². The number of carbonyl (C=O) groups is 2. The van der Waals surface area contributed by atoms with Crippen LogP contribution in [0.25, 0.3) is 21.5 Å². The van der Waals surface area contributed by atoms with Gasteiger partial charge in [-0.3, -0.25) is 9.59 Å². The van der Waals surface area contributed by atoms with E-state index in [2.05, 4.69) is 61.5 Å². The Morgan fingerprint density at radius 1 is 0.736 bits per heavy atom. The average Bonchev–Trinajstić information content (AvgIpc) is 3.78. The number of rotatable bonds is 6. The van der Waals surface area contributed by atoms with E-state index in [1.165, 1.54) is 51.6 Å². The van der Waals surface area contributed by atoms with Gasteiger partial charge >= 0.3 is 0 Å². The molecule has 0 unspecified atom stereocenters. The van der Waals surface area contributed by atoms with Crippen LogP contribution in [0.15, 0.2) is 72.8 Å². The SMILES string of the molecule is C#C.C#C.CC1CCN(C2CCCC2)CC1.CCCN1CCC[C@H](C(=O)c2ccc3cc(C#N)ccc3c2)C1.N#Cc1ccc2cc(C=O)ccc2c1. The second-order valence-electron chi connectivity index (χ2n) is 14.1. The van der Waals surface area contributed by atoms with E-state index in [0.717, 1.165) is 84.3 Å². The normalized spacial score (nSPS) is 17.5. The topological polar surface area (TPSA) is 88.2 Å². The molecule has 0 aromatic heterocycles. The molecule has 53 heavy (non-hydrogen) atoms. The largest absolute Gasteiger partial charge is 0.303 e. The van der Waals surface area contributed by atoms with E-state index in [0.29, 0.717) is 16.7 Å². The van der Waals surface area contributed by atoms with Crippen LogP contribution in [0, 0.1) is 60.2 Å². The zero-order chi connectivity index (χ0) is 38.6. The number of likely N-dealkylation sites (tertiary alicyclic amines) is 2. The van der Waals surface area contributed by atoms with E-state index in [9.17, 15) is 9.59 Å². The lowest BCUT2D eigenvalue weighted by molar-refractivity contribution is 0.0820. The Morgan fingerprint density at radius 3 is 1.85 bits per heavy atom. The smallest absolute Gasteiger partial charge is 0.167 e. The summed E-state index contributed by atoms with van der Waals surface area (Å²) in [6.07, 6.45) is 28.9. The number of fused-ring (bicyclic) bond motifs is 2. The number of carbonyl (C=O) groups excluding carboxylic acids is 2. The van der Waals surface area contributed by atoms with E-state index >= 15 is 0 Å². The molecule has 2 saturated heterocycles.